The maximum absolute atomic E-state index is 12.9. The molecule has 1 aromatic heterocycles. The fraction of sp³-hybridized carbons (Fsp3) is 0.229. The molecule has 3 aromatic carbocycles. The summed E-state index contributed by atoms with van der Waals surface area (Å²) in [5, 5.41) is 31.1. The van der Waals surface area contributed by atoms with E-state index in [0.29, 0.717) is 23.6 Å². The number of carbonyl (C=O) groups is 4. The molecule has 0 spiro atoms. The van der Waals surface area contributed by atoms with E-state index >= 15 is 0 Å². The number of alkyl halides is 3. The van der Waals surface area contributed by atoms with Crippen LogP contribution in [0.25, 0.3) is 0 Å². The van der Waals surface area contributed by atoms with Gasteiger partial charge in [0.25, 0.3) is 5.91 Å². The molecule has 0 aliphatic heterocycles. The molecule has 5 N–H and O–H groups in total. The van der Waals surface area contributed by atoms with Crippen molar-refractivity contribution in [1.29, 1.82) is 0 Å². The number of carbonyl (C=O) groups excluding carboxylic acids is 3. The maximum atomic E-state index is 12.9. The summed E-state index contributed by atoms with van der Waals surface area (Å²) in [5.74, 6) is -4.66. The number of amides is 3. The van der Waals surface area contributed by atoms with Crippen molar-refractivity contribution in [1.82, 2.24) is 20.3 Å². The highest BCUT2D eigenvalue weighted by Gasteiger charge is 2.45. The highest BCUT2D eigenvalue weighted by atomic mass is 35.5. The summed E-state index contributed by atoms with van der Waals surface area (Å²) in [6.07, 6.45) is -3.30. The van der Waals surface area contributed by atoms with Crippen molar-refractivity contribution in [3.05, 3.63) is 88.9 Å². The number of nitrogens with one attached hydrogen (secondary N) is 4. The molecule has 1 fully saturated rings. The van der Waals surface area contributed by atoms with Crippen molar-refractivity contribution < 1.29 is 46.9 Å². The summed E-state index contributed by atoms with van der Waals surface area (Å²) in [6, 6.07) is 17.6. The molecule has 1 aliphatic carbocycles. The second-order valence-corrected chi connectivity index (χ2v) is 12.4. The van der Waals surface area contributed by atoms with Gasteiger partial charge in [-0.2, -0.15) is 33.2 Å². The molecule has 0 saturated heterocycles. The van der Waals surface area contributed by atoms with Crippen LogP contribution in [0.15, 0.2) is 93.2 Å². The average molecular weight is 810 g/mol. The van der Waals surface area contributed by atoms with Crippen molar-refractivity contribution in [3.8, 4) is 11.8 Å². The Bertz CT molecular complexity index is 2220. The van der Waals surface area contributed by atoms with Crippen LogP contribution in [0.5, 0.6) is 11.8 Å². The molecular weight excluding hydrogens is 779 g/mol. The highest BCUT2D eigenvalue weighted by Crippen LogP contribution is 2.48. The zero-order valence-corrected chi connectivity index (χ0v) is 30.6. The van der Waals surface area contributed by atoms with Gasteiger partial charge in [-0.1, -0.05) is 28.8 Å². The number of aromatic nitrogens is 3. The molecule has 0 unspecified atom stereocenters. The third-order valence-corrected chi connectivity index (χ3v) is 7.88. The number of anilines is 4. The van der Waals surface area contributed by atoms with Crippen LogP contribution in [0.4, 0.5) is 36.4 Å². The molecule has 5 rings (SSSR count). The topological polar surface area (TPSA) is 243 Å². The zero-order valence-electron chi connectivity index (χ0n) is 29.8. The van der Waals surface area contributed by atoms with Crippen molar-refractivity contribution in [2.75, 3.05) is 36.1 Å². The Hall–Kier alpha value is -7.03. The first-order valence-electron chi connectivity index (χ1n) is 16.5. The number of aliphatic carboxylic acids is 1. The van der Waals surface area contributed by atoms with Crippen molar-refractivity contribution >= 4 is 70.2 Å². The van der Waals surface area contributed by atoms with Gasteiger partial charge in [0, 0.05) is 28.9 Å². The lowest BCUT2D eigenvalue weighted by Crippen LogP contribution is -2.40. The lowest BCUT2D eigenvalue weighted by atomic mass is 10.1. The smallest absolute Gasteiger partial charge is 0.422 e. The predicted molar refractivity (Wildman–Crippen MR) is 199 cm³/mol. The number of hydrogen-bond acceptors (Lipinski definition) is 13. The molecule has 1 saturated carbocycles. The molecule has 0 bridgehead atoms. The van der Waals surface area contributed by atoms with Crippen molar-refractivity contribution in [3.63, 3.8) is 0 Å². The summed E-state index contributed by atoms with van der Waals surface area (Å²) in [7, 11) is 1.44. The normalized spacial score (nSPS) is 13.7. The third-order valence-electron chi connectivity index (χ3n) is 7.62. The van der Waals surface area contributed by atoms with E-state index in [9.17, 15) is 37.5 Å². The van der Waals surface area contributed by atoms with Gasteiger partial charge in [0.2, 0.25) is 17.8 Å². The maximum Gasteiger partial charge on any atom is 0.422 e. The predicted octanol–water partition coefficient (Wildman–Crippen LogP) is 5.53. The first-order chi connectivity index (χ1) is 27.1. The van der Waals surface area contributed by atoms with Crippen LogP contribution in [0.3, 0.4) is 0 Å². The molecule has 1 aliphatic rings. The molecule has 22 heteroatoms. The summed E-state index contributed by atoms with van der Waals surface area (Å²) in [4.78, 5) is 65.3. The number of benzene rings is 3. The van der Waals surface area contributed by atoms with Gasteiger partial charge in [-0.3, -0.25) is 14.4 Å². The fourth-order valence-electron chi connectivity index (χ4n) is 4.79. The quantitative estimate of drug-likeness (QED) is 0.0347. The Balaban J connectivity index is 1.21. The lowest BCUT2D eigenvalue weighted by molar-refractivity contribution is -0.154. The SMILES string of the molecule is CN=N/N=C(/C)Oc1ccc(NC(=O)C(=O)NCC(=NC(=O)c2ccc(Nc3nc(NC4(c5ccc(Cl)cc5)CC4)nc(OCC(F)(F)F)n3)cc2)C(=O)O)cc1. The number of nitrogens with zero attached hydrogens (tertiary/aromatic N) is 7. The third kappa shape index (κ3) is 12.2. The summed E-state index contributed by atoms with van der Waals surface area (Å²) >= 11 is 6.02. The molecular formula is C35H31ClF3N11O7. The van der Waals surface area contributed by atoms with E-state index in [1.54, 1.807) is 19.1 Å². The summed E-state index contributed by atoms with van der Waals surface area (Å²) in [5.41, 5.74) is -0.0702. The molecule has 296 valence electrons. The van der Waals surface area contributed by atoms with Crippen LogP contribution in [0, 0.1) is 0 Å². The molecule has 1 heterocycles. The van der Waals surface area contributed by atoms with E-state index in [1.165, 1.54) is 55.6 Å². The van der Waals surface area contributed by atoms with E-state index in [0.717, 1.165) is 5.56 Å². The number of carboxylic acid groups (broad SMARTS) is 1. The summed E-state index contributed by atoms with van der Waals surface area (Å²) < 4.78 is 49.0. The molecule has 57 heavy (non-hydrogen) atoms. The summed E-state index contributed by atoms with van der Waals surface area (Å²) in [6.45, 7) is -0.878. The number of ether oxygens (including phenoxy) is 2. The number of rotatable bonds is 14. The molecule has 18 nitrogen and oxygen atoms in total. The first kappa shape index (κ1) is 41.1. The van der Waals surface area contributed by atoms with Gasteiger partial charge in [-0.15, -0.1) is 0 Å². The van der Waals surface area contributed by atoms with Crippen molar-refractivity contribution in [2.24, 2.45) is 20.4 Å². The van der Waals surface area contributed by atoms with Gasteiger partial charge in [0.15, 0.2) is 6.61 Å². The van der Waals surface area contributed by atoms with Gasteiger partial charge in [-0.05, 0) is 84.3 Å². The van der Waals surface area contributed by atoms with Crippen LogP contribution in [0.2, 0.25) is 5.02 Å². The van der Waals surface area contributed by atoms with Gasteiger partial charge in [0.05, 0.1) is 19.1 Å². The van der Waals surface area contributed by atoms with Gasteiger partial charge < -0.3 is 35.8 Å². The lowest BCUT2D eigenvalue weighted by Gasteiger charge is -2.19. The van der Waals surface area contributed by atoms with E-state index in [4.69, 9.17) is 21.1 Å². The average Bonchev–Trinajstić information content (AvgIpc) is 3.95. The van der Waals surface area contributed by atoms with Crippen molar-refractivity contribution in [2.45, 2.75) is 31.5 Å². The van der Waals surface area contributed by atoms with E-state index in [1.807, 2.05) is 12.1 Å². The minimum atomic E-state index is -4.66. The monoisotopic (exact) mass is 809 g/mol. The second kappa shape index (κ2) is 18.1. The number of carboxylic acids is 1. The Kier molecular flexibility index (Phi) is 13.0. The van der Waals surface area contributed by atoms with Gasteiger partial charge in [-0.25, -0.2) is 9.79 Å². The minimum Gasteiger partial charge on any atom is -0.477 e. The Labute approximate surface area is 325 Å². The first-order valence-corrected chi connectivity index (χ1v) is 16.9. The van der Waals surface area contributed by atoms with Crippen LogP contribution in [0.1, 0.15) is 35.7 Å². The minimum absolute atomic E-state index is 0.0678. The van der Waals surface area contributed by atoms with Crippen LogP contribution in [-0.4, -0.2) is 81.7 Å². The van der Waals surface area contributed by atoms with E-state index in [-0.39, 0.29) is 34.7 Å². The second-order valence-electron chi connectivity index (χ2n) is 11.9. The fourth-order valence-corrected chi connectivity index (χ4v) is 4.91. The number of halogens is 4. The molecule has 4 aromatic rings. The zero-order chi connectivity index (χ0) is 41.2. The largest absolute Gasteiger partial charge is 0.477 e. The number of hydrogen-bond donors (Lipinski definition) is 5. The standard InChI is InChI=1S/C35H31ClF3N11O7/c1-19(49-50-40-2)57-25-13-11-23(12-14-25)42-29(53)28(52)41-17-26(30(54)55)44-27(51)20-3-9-24(10-4-20)43-31-45-32(47-33(46-31)56-18-35(37,38)39)48-34(15-16-34)21-5-7-22(36)8-6-21/h3-14H,15-18H2,1-2H3,(H,41,52)(H,42,53)(H,54,55)(H2,43,45,46,47,48)/b44-26?,49-19-,50-40?. The van der Waals surface area contributed by atoms with Crippen LogP contribution in [-0.2, 0) is 19.9 Å². The molecule has 3 amide bonds. The Morgan fingerprint density at radius 3 is 2.16 bits per heavy atom. The molecule has 0 radical (unpaired) electrons. The van der Waals surface area contributed by atoms with Crippen LogP contribution >= 0.6 is 11.6 Å². The van der Waals surface area contributed by atoms with Crippen LogP contribution < -0.4 is 30.7 Å². The number of aliphatic imine (C=N–C) groups is 1. The Morgan fingerprint density at radius 2 is 1.54 bits per heavy atom. The molecule has 0 atom stereocenters. The van der Waals surface area contributed by atoms with Gasteiger partial charge >= 0.3 is 30.0 Å². The van der Waals surface area contributed by atoms with E-state index < -0.39 is 60.3 Å². The Morgan fingerprint density at radius 1 is 0.895 bits per heavy atom. The van der Waals surface area contributed by atoms with Gasteiger partial charge in [0.1, 0.15) is 11.5 Å². The van der Waals surface area contributed by atoms with E-state index in [2.05, 4.69) is 56.7 Å². The highest BCUT2D eigenvalue weighted by molar-refractivity contribution is 6.42.